The van der Waals surface area contributed by atoms with Gasteiger partial charge in [0.15, 0.2) is 0 Å². The number of rotatable bonds is 6. The van der Waals surface area contributed by atoms with Gasteiger partial charge in [-0.15, -0.1) is 11.3 Å². The number of fused-ring (bicyclic) bond motifs is 1. The molecule has 3 N–H and O–H groups in total. The summed E-state index contributed by atoms with van der Waals surface area (Å²) in [6.07, 6.45) is 3.03. The van der Waals surface area contributed by atoms with E-state index in [0.29, 0.717) is 10.8 Å². The van der Waals surface area contributed by atoms with Crippen molar-refractivity contribution in [3.8, 4) is 5.75 Å². The number of methoxy groups -OCH3 is 1. The summed E-state index contributed by atoms with van der Waals surface area (Å²) in [7, 11) is -2.53. The predicted octanol–water partition coefficient (Wildman–Crippen LogP) is 2.64. The second-order valence-electron chi connectivity index (χ2n) is 7.96. The van der Waals surface area contributed by atoms with Crippen molar-refractivity contribution in [1.29, 1.82) is 0 Å². The molecule has 2 aromatic rings. The Hall–Kier alpha value is -2.43. The Balaban J connectivity index is 1.72. The van der Waals surface area contributed by atoms with Crippen molar-refractivity contribution in [2.24, 2.45) is 5.92 Å². The summed E-state index contributed by atoms with van der Waals surface area (Å²) in [6, 6.07) is 5.61. The number of nitrogens with one attached hydrogen (secondary N) is 3. The fourth-order valence-corrected chi connectivity index (χ4v) is 6.02. The van der Waals surface area contributed by atoms with Crippen LogP contribution in [-0.2, 0) is 22.9 Å². The summed E-state index contributed by atoms with van der Waals surface area (Å²) < 4.78 is 32.8. The molecule has 1 aromatic heterocycles. The zero-order valence-electron chi connectivity index (χ0n) is 17.9. The predicted molar refractivity (Wildman–Crippen MR) is 119 cm³/mol. The molecule has 1 unspecified atom stereocenters. The van der Waals surface area contributed by atoms with E-state index in [1.807, 2.05) is 6.07 Å². The van der Waals surface area contributed by atoms with Gasteiger partial charge in [0.2, 0.25) is 10.0 Å². The Labute approximate surface area is 186 Å². The lowest BCUT2D eigenvalue weighted by atomic mass is 9.90. The summed E-state index contributed by atoms with van der Waals surface area (Å²) >= 11 is 1.44. The van der Waals surface area contributed by atoms with Crippen LogP contribution in [0.2, 0.25) is 0 Å². The third-order valence-corrected chi connectivity index (χ3v) is 7.86. The van der Waals surface area contributed by atoms with Crippen molar-refractivity contribution in [2.45, 2.75) is 51.0 Å². The van der Waals surface area contributed by atoms with E-state index in [1.165, 1.54) is 47.1 Å². The van der Waals surface area contributed by atoms with Crippen LogP contribution in [0.1, 0.15) is 57.7 Å². The number of benzene rings is 1. The number of hydrazine groups is 1. The quantitative estimate of drug-likeness (QED) is 0.568. The van der Waals surface area contributed by atoms with E-state index in [9.17, 15) is 18.0 Å². The van der Waals surface area contributed by atoms with E-state index in [4.69, 9.17) is 4.74 Å². The van der Waals surface area contributed by atoms with Gasteiger partial charge in [-0.2, -0.15) is 0 Å². The second kappa shape index (κ2) is 9.37. The molecule has 0 spiro atoms. The number of carbonyl (C=O) groups excluding carboxylic acids is 2. The van der Waals surface area contributed by atoms with Gasteiger partial charge in [0.1, 0.15) is 10.6 Å². The fourth-order valence-electron chi connectivity index (χ4n) is 3.47. The Bertz CT molecular complexity index is 1090. The first-order valence-electron chi connectivity index (χ1n) is 10.0. The number of carbonyl (C=O) groups is 2. The zero-order chi connectivity index (χ0) is 22.8. The van der Waals surface area contributed by atoms with E-state index in [-0.39, 0.29) is 22.3 Å². The van der Waals surface area contributed by atoms with Crippen LogP contribution in [0, 0.1) is 5.92 Å². The minimum Gasteiger partial charge on any atom is -0.495 e. The molecule has 0 radical (unpaired) electrons. The maximum Gasteiger partial charge on any atom is 0.279 e. The lowest BCUT2D eigenvalue weighted by molar-refractivity contribution is 0.0848. The highest BCUT2D eigenvalue weighted by Crippen LogP contribution is 2.32. The summed E-state index contributed by atoms with van der Waals surface area (Å²) in [5.74, 6) is -0.314. The molecule has 0 saturated heterocycles. The van der Waals surface area contributed by atoms with E-state index < -0.39 is 21.8 Å². The van der Waals surface area contributed by atoms with Crippen molar-refractivity contribution in [2.75, 3.05) is 7.11 Å². The van der Waals surface area contributed by atoms with Crippen LogP contribution in [0.15, 0.2) is 29.2 Å². The molecule has 168 valence electrons. The molecule has 1 aromatic carbocycles. The third kappa shape index (κ3) is 5.44. The molecule has 2 amide bonds. The molecule has 0 bridgehead atoms. The van der Waals surface area contributed by atoms with E-state index in [2.05, 4.69) is 22.5 Å². The normalized spacial score (nSPS) is 16.0. The maximum atomic E-state index is 12.6. The van der Waals surface area contributed by atoms with Gasteiger partial charge in [0.25, 0.3) is 11.8 Å². The smallest absolute Gasteiger partial charge is 0.279 e. The molecule has 0 saturated carbocycles. The highest BCUT2D eigenvalue weighted by molar-refractivity contribution is 7.89. The minimum atomic E-state index is -3.88. The van der Waals surface area contributed by atoms with Crippen molar-refractivity contribution >= 4 is 33.2 Å². The van der Waals surface area contributed by atoms with Crippen molar-refractivity contribution in [1.82, 2.24) is 15.6 Å². The van der Waals surface area contributed by atoms with E-state index in [0.717, 1.165) is 19.3 Å². The van der Waals surface area contributed by atoms with Crippen LogP contribution in [-0.4, -0.2) is 33.4 Å². The number of sulfonamides is 1. The number of thiophene rings is 1. The van der Waals surface area contributed by atoms with Gasteiger partial charge in [0, 0.05) is 16.5 Å². The topological polar surface area (TPSA) is 114 Å². The fraction of sp³-hybridized carbons (Fsp3) is 0.429. The molecule has 10 heteroatoms. The molecule has 8 nitrogen and oxygen atoms in total. The molecule has 0 fully saturated rings. The molecular formula is C21H27N3O5S2. The maximum absolute atomic E-state index is 12.6. The van der Waals surface area contributed by atoms with Gasteiger partial charge in [0.05, 0.1) is 12.0 Å². The summed E-state index contributed by atoms with van der Waals surface area (Å²) in [4.78, 5) is 26.6. The Kier molecular flexibility index (Phi) is 7.03. The number of aryl methyl sites for hydroxylation is 1. The van der Waals surface area contributed by atoms with Crippen LogP contribution >= 0.6 is 11.3 Å². The second-order valence-corrected chi connectivity index (χ2v) is 10.8. The molecular weight excluding hydrogens is 438 g/mol. The van der Waals surface area contributed by atoms with Crippen molar-refractivity contribution in [3.05, 3.63) is 45.1 Å². The third-order valence-electron chi connectivity index (χ3n) is 4.95. The first-order chi connectivity index (χ1) is 14.6. The number of hydrogen-bond acceptors (Lipinski definition) is 6. The monoisotopic (exact) mass is 465 g/mol. The highest BCUT2D eigenvalue weighted by atomic mass is 32.2. The molecule has 3 rings (SSSR count). The van der Waals surface area contributed by atoms with Gasteiger partial charge in [-0.25, -0.2) is 13.1 Å². The Morgan fingerprint density at radius 1 is 1.16 bits per heavy atom. The molecule has 0 aliphatic heterocycles. The SMILES string of the molecule is COc1ccc(C(=O)NNC(=O)c2cc3c(s2)CCC(C)C3)cc1S(=O)(=O)NC(C)C. The lowest BCUT2D eigenvalue weighted by Gasteiger charge is -2.16. The van der Waals surface area contributed by atoms with Crippen LogP contribution < -0.4 is 20.3 Å². The standard InChI is InChI=1S/C21H27N3O5S2/c1-12(2)24-31(27,28)19-11-14(6-7-16(19)29-4)20(25)22-23-21(26)18-10-15-9-13(3)5-8-17(15)30-18/h6-7,10-13,24H,5,8-9H2,1-4H3,(H,22,25)(H,23,26). The van der Waals surface area contributed by atoms with Gasteiger partial charge in [-0.1, -0.05) is 6.92 Å². The first-order valence-corrected chi connectivity index (χ1v) is 12.3. The molecule has 31 heavy (non-hydrogen) atoms. The zero-order valence-corrected chi connectivity index (χ0v) is 19.6. The number of amides is 2. The van der Waals surface area contributed by atoms with Crippen LogP contribution in [0.3, 0.4) is 0 Å². The largest absolute Gasteiger partial charge is 0.495 e. The average molecular weight is 466 g/mol. The number of hydrogen-bond donors (Lipinski definition) is 3. The van der Waals surface area contributed by atoms with Crippen molar-refractivity contribution < 1.29 is 22.7 Å². The van der Waals surface area contributed by atoms with Crippen LogP contribution in [0.5, 0.6) is 5.75 Å². The summed E-state index contributed by atoms with van der Waals surface area (Å²) in [5, 5.41) is 0. The number of ether oxygens (including phenoxy) is 1. The first kappa shape index (κ1) is 23.2. The summed E-state index contributed by atoms with van der Waals surface area (Å²) in [5.41, 5.74) is 6.04. The van der Waals surface area contributed by atoms with E-state index in [1.54, 1.807) is 13.8 Å². The van der Waals surface area contributed by atoms with Crippen LogP contribution in [0.25, 0.3) is 0 Å². The van der Waals surface area contributed by atoms with Gasteiger partial charge in [-0.05, 0) is 68.9 Å². The molecule has 1 aliphatic rings. The Morgan fingerprint density at radius 3 is 2.55 bits per heavy atom. The highest BCUT2D eigenvalue weighted by Gasteiger charge is 2.24. The lowest BCUT2D eigenvalue weighted by Crippen LogP contribution is -2.41. The Morgan fingerprint density at radius 2 is 1.87 bits per heavy atom. The molecule has 1 aliphatic carbocycles. The molecule has 1 heterocycles. The van der Waals surface area contributed by atoms with Crippen LogP contribution in [0.4, 0.5) is 0 Å². The average Bonchev–Trinajstić information content (AvgIpc) is 3.13. The van der Waals surface area contributed by atoms with Crippen molar-refractivity contribution in [3.63, 3.8) is 0 Å². The molecule has 1 atom stereocenters. The van der Waals surface area contributed by atoms with E-state index >= 15 is 0 Å². The van der Waals surface area contributed by atoms with Gasteiger partial charge in [-0.3, -0.25) is 20.4 Å². The minimum absolute atomic E-state index is 0.0736. The van der Waals surface area contributed by atoms with Gasteiger partial charge >= 0.3 is 0 Å². The summed E-state index contributed by atoms with van der Waals surface area (Å²) in [6.45, 7) is 5.58. The van der Waals surface area contributed by atoms with Gasteiger partial charge < -0.3 is 4.74 Å².